The van der Waals surface area contributed by atoms with Crippen LogP contribution in [0.25, 0.3) is 5.76 Å². The van der Waals surface area contributed by atoms with Gasteiger partial charge < -0.3 is 20.8 Å². The smallest absolute Gasteiger partial charge is 0.758 e. The first kappa shape index (κ1) is 34.5. The van der Waals surface area contributed by atoms with E-state index in [1.165, 1.54) is 19.1 Å². The molecule has 0 saturated carbocycles. The van der Waals surface area contributed by atoms with Crippen molar-refractivity contribution in [1.82, 2.24) is 0 Å². The molecule has 1 aromatic carbocycles. The van der Waals surface area contributed by atoms with E-state index < -0.39 is 22.9 Å². The zero-order valence-corrected chi connectivity index (χ0v) is 29.7. The van der Waals surface area contributed by atoms with Gasteiger partial charge in [0, 0.05) is 5.56 Å². The Bertz CT molecular complexity index is 644. The third-order valence-electron chi connectivity index (χ3n) is 2.94. The number of ketones is 1. The largest absolute Gasteiger partial charge is 1.00 e. The quantitative estimate of drug-likeness (QED) is 0.205. The van der Waals surface area contributed by atoms with Crippen LogP contribution in [0.3, 0.4) is 0 Å². The summed E-state index contributed by atoms with van der Waals surface area (Å²) in [6.45, 7) is 1.25. The van der Waals surface area contributed by atoms with Gasteiger partial charge in [-0.2, -0.15) is 0 Å². The van der Waals surface area contributed by atoms with Gasteiger partial charge in [0.1, 0.15) is 0 Å². The predicted molar refractivity (Wildman–Crippen MR) is 62.3 cm³/mol. The molecule has 2 unspecified atom stereocenters. The molecule has 100 valence electrons. The van der Waals surface area contributed by atoms with E-state index in [4.69, 9.17) is 4.74 Å². The molecule has 3 rings (SSSR count). The summed E-state index contributed by atoms with van der Waals surface area (Å²) < 4.78 is 31.0. The molecule has 1 aliphatic carbocycles. The second kappa shape index (κ2) is 15.6. The number of rotatable bonds is 2. The molecule has 24 heavy (non-hydrogen) atoms. The summed E-state index contributed by atoms with van der Waals surface area (Å²) >= 11 is -3.05. The van der Waals surface area contributed by atoms with E-state index in [1.807, 2.05) is 0 Å². The fraction of sp³-hybridized carbons (Fsp3) is 0.0833. The first-order chi connectivity index (χ1) is 9.04. The van der Waals surface area contributed by atoms with Crippen molar-refractivity contribution in [3.05, 3.63) is 54.0 Å². The van der Waals surface area contributed by atoms with Crippen molar-refractivity contribution in [3.63, 3.8) is 0 Å². The molecule has 2 aliphatic rings. The average molecular weight is 459 g/mol. The van der Waals surface area contributed by atoms with Crippen LogP contribution in [0.15, 0.2) is 29.8 Å². The van der Waals surface area contributed by atoms with Crippen LogP contribution in [0, 0.1) is 13.0 Å². The van der Waals surface area contributed by atoms with Crippen molar-refractivity contribution in [3.8, 4) is 0 Å². The Hall–Kier alpha value is 5.88. The molecule has 0 saturated heterocycles. The molecule has 12 heteroatoms. The number of hydrogen-bond acceptors (Lipinski definition) is 6. The first-order valence-corrected chi connectivity index (χ1v) is 6.27. The second-order valence-corrected chi connectivity index (χ2v) is 4.54. The average Bonchev–Trinajstić information content (AvgIpc) is 2.86. The molecule has 0 radical (unpaired) electrons. The third-order valence-corrected chi connectivity index (χ3v) is 3.32. The van der Waals surface area contributed by atoms with Crippen molar-refractivity contribution in [1.29, 1.82) is 0 Å². The van der Waals surface area contributed by atoms with Crippen LogP contribution in [0.5, 0.6) is 0 Å². The van der Waals surface area contributed by atoms with Crippen LogP contribution in [0.2, 0.25) is 0 Å². The number of ether oxygens (including phenoxy) is 1. The van der Waals surface area contributed by atoms with Gasteiger partial charge in [-0.05, 0) is 0 Å². The summed E-state index contributed by atoms with van der Waals surface area (Å²) in [6.07, 6.45) is 1.30. The van der Waals surface area contributed by atoms with Gasteiger partial charge >= 0.3 is 235 Å². The number of Topliss-reactive ketones (excluding diaryl/α,β-unsaturated/α-hetero) is 1. The zero-order valence-electron chi connectivity index (χ0n) is 14.4. The minimum Gasteiger partial charge on any atom is -0.758 e. The maximum absolute atomic E-state index is 12.2. The van der Waals surface area contributed by atoms with E-state index in [1.54, 1.807) is 18.2 Å². The van der Waals surface area contributed by atoms with E-state index in [0.29, 0.717) is 5.56 Å². The minimum atomic E-state index is -3.05. The van der Waals surface area contributed by atoms with Crippen molar-refractivity contribution >= 4 is 22.9 Å². The molecule has 0 spiro atoms. The standard InChI is InChI=1S/C12H8O6S.4K.Na/c13-11-8-4-2-1-3-7(8)10-9(5-6-17-10)12(11,14)18-19(15)16;;;;;/h1-6,14H,(H,15,16);;;;;/q-2;5*+1/p-1. The van der Waals surface area contributed by atoms with Crippen molar-refractivity contribution in [2.75, 3.05) is 0 Å². The molecule has 1 aromatic rings. The van der Waals surface area contributed by atoms with Gasteiger partial charge in [0.25, 0.3) is 0 Å². The monoisotopic (exact) mass is 458 g/mol. The molecule has 2 atom stereocenters. The minimum absolute atomic E-state index is 0. The number of carbonyl (C=O) groups excluding carboxylic acids is 1. The zero-order chi connectivity index (χ0) is 13.6. The van der Waals surface area contributed by atoms with Gasteiger partial charge in [0.05, 0.1) is 11.4 Å². The summed E-state index contributed by atoms with van der Waals surface area (Å²) in [5.74, 6) is -3.21. The number of fused-ring (bicyclic) bond motifs is 2. The van der Waals surface area contributed by atoms with Crippen molar-refractivity contribution < 1.29 is 263 Å². The summed E-state index contributed by atoms with van der Waals surface area (Å²) in [6, 6.07) is 6.41. The summed E-state index contributed by atoms with van der Waals surface area (Å²) in [5, 5.41) is 10.3. The topological polar surface area (TPSA) is 95.9 Å². The Morgan fingerprint density at radius 2 is 1.71 bits per heavy atom. The molecule has 0 bridgehead atoms. The van der Waals surface area contributed by atoms with Gasteiger partial charge in [-0.3, -0.25) is 15.6 Å². The summed E-state index contributed by atoms with van der Waals surface area (Å²) in [7, 11) is 0. The molecule has 0 fully saturated rings. The number of aliphatic hydroxyl groups is 1. The molecule has 1 aliphatic heterocycles. The normalized spacial score (nSPS) is 20.8. The van der Waals surface area contributed by atoms with Gasteiger partial charge in [-0.1, -0.05) is 35.6 Å². The SMILES string of the molecule is O=C1c2ccccc2C2=C([CH-][CH-]O2)C1(O)OS(=O)[O-].[K+].[K+].[K+].[K+].[Na+]. The molecule has 0 aromatic heterocycles. The maximum atomic E-state index is 12.2. The van der Waals surface area contributed by atoms with Gasteiger partial charge in [0.2, 0.25) is 11.6 Å². The second-order valence-electron chi connectivity index (χ2n) is 3.97. The van der Waals surface area contributed by atoms with Gasteiger partial charge in [-0.25, -0.2) is 4.21 Å². The van der Waals surface area contributed by atoms with Crippen molar-refractivity contribution in [2.24, 2.45) is 0 Å². The van der Waals surface area contributed by atoms with E-state index in [0.717, 1.165) is 0 Å². The van der Waals surface area contributed by atoms with Crippen molar-refractivity contribution in [2.45, 2.75) is 5.79 Å². The number of benzene rings is 1. The predicted octanol–water partition coefficient (Wildman–Crippen LogP) is -14.5. The number of carbonyl (C=O) groups is 1. The van der Waals surface area contributed by atoms with E-state index in [2.05, 4.69) is 4.18 Å². The Morgan fingerprint density at radius 3 is 2.25 bits per heavy atom. The first-order valence-electron chi connectivity index (χ1n) is 5.27. The molecular formula is C12H7K4NaO6S+2. The van der Waals surface area contributed by atoms with Crippen LogP contribution < -0.4 is 235 Å². The van der Waals surface area contributed by atoms with Gasteiger partial charge in [-0.15, -0.1) is 5.57 Å². The fourth-order valence-corrected chi connectivity index (χ4v) is 2.51. The van der Waals surface area contributed by atoms with E-state index >= 15 is 0 Å². The van der Waals surface area contributed by atoms with Crippen LogP contribution >= 0.6 is 0 Å². The molecule has 6 nitrogen and oxygen atoms in total. The Morgan fingerprint density at radius 1 is 1.17 bits per heavy atom. The van der Waals surface area contributed by atoms with E-state index in [9.17, 15) is 18.7 Å². The number of hydrogen-bond donors (Lipinski definition) is 1. The molecular weight excluding hydrogens is 452 g/mol. The maximum Gasteiger partial charge on any atom is 1.00 e. The van der Waals surface area contributed by atoms with Crippen LogP contribution in [0.1, 0.15) is 15.9 Å². The molecule has 1 heterocycles. The Kier molecular flexibility index (Phi) is 22.5. The van der Waals surface area contributed by atoms with Gasteiger partial charge in [0.15, 0.2) is 0 Å². The fourth-order valence-electron chi connectivity index (χ4n) is 2.15. The molecule has 1 N–H and O–H groups in total. The van der Waals surface area contributed by atoms with E-state index in [-0.39, 0.29) is 252 Å². The summed E-state index contributed by atoms with van der Waals surface area (Å²) in [5.41, 5.74) is 0.593. The van der Waals surface area contributed by atoms with Crippen LogP contribution in [0.4, 0.5) is 0 Å². The third kappa shape index (κ3) is 7.48. The van der Waals surface area contributed by atoms with Crippen LogP contribution in [-0.2, 0) is 20.3 Å². The Labute approximate surface area is 335 Å². The van der Waals surface area contributed by atoms with Crippen LogP contribution in [-0.4, -0.2) is 25.4 Å². The molecule has 0 amide bonds. The Balaban J connectivity index is -0.000000882. The summed E-state index contributed by atoms with van der Waals surface area (Å²) in [4.78, 5) is 12.2.